The van der Waals surface area contributed by atoms with Gasteiger partial charge < -0.3 is 10.2 Å². The smallest absolute Gasteiger partial charge is 0.0595 e. The maximum Gasteiger partial charge on any atom is 0.0595 e. The van der Waals surface area contributed by atoms with Crippen molar-refractivity contribution in [3.8, 4) is 0 Å². The first-order chi connectivity index (χ1) is 10.1. The summed E-state index contributed by atoms with van der Waals surface area (Å²) in [5, 5.41) is 4.98. The first-order valence-corrected chi connectivity index (χ1v) is 8.76. The molecule has 2 saturated heterocycles. The van der Waals surface area contributed by atoms with Gasteiger partial charge in [0.05, 0.1) is 10.0 Å². The Morgan fingerprint density at radius 2 is 1.86 bits per heavy atom. The number of halogens is 2. The van der Waals surface area contributed by atoms with Crippen LogP contribution < -0.4 is 5.32 Å². The summed E-state index contributed by atoms with van der Waals surface area (Å²) < 4.78 is 0. The lowest BCUT2D eigenvalue weighted by atomic mass is 9.82. The van der Waals surface area contributed by atoms with Gasteiger partial charge in [0, 0.05) is 18.1 Å². The summed E-state index contributed by atoms with van der Waals surface area (Å²) in [5.74, 6) is 0.691. The number of nitrogens with zero attached hydrogens (tertiary/aromatic N) is 1. The topological polar surface area (TPSA) is 15.3 Å². The van der Waals surface area contributed by atoms with Crippen LogP contribution in [0.4, 0.5) is 0 Å². The molecule has 1 aromatic carbocycles. The average Bonchev–Trinajstić information content (AvgIpc) is 2.70. The molecule has 0 saturated carbocycles. The molecule has 2 heterocycles. The summed E-state index contributed by atoms with van der Waals surface area (Å²) in [5.41, 5.74) is 1.28. The first-order valence-electron chi connectivity index (χ1n) is 8.00. The molecule has 2 aliphatic rings. The highest BCUT2D eigenvalue weighted by molar-refractivity contribution is 6.42. The number of rotatable bonds is 4. The van der Waals surface area contributed by atoms with E-state index >= 15 is 0 Å². The van der Waals surface area contributed by atoms with E-state index in [1.807, 2.05) is 12.1 Å². The Morgan fingerprint density at radius 3 is 2.43 bits per heavy atom. The summed E-state index contributed by atoms with van der Waals surface area (Å²) >= 11 is 12.3. The lowest BCUT2D eigenvalue weighted by molar-refractivity contribution is 0.113. The van der Waals surface area contributed by atoms with Crippen LogP contribution in [0, 0.1) is 5.92 Å². The molecule has 4 heteroatoms. The lowest BCUT2D eigenvalue weighted by Gasteiger charge is -2.40. The molecular formula is C17H24Cl2N2. The van der Waals surface area contributed by atoms with Crippen molar-refractivity contribution in [2.24, 2.45) is 5.92 Å². The van der Waals surface area contributed by atoms with Crippen LogP contribution in [0.1, 0.15) is 44.2 Å². The normalized spacial score (nSPS) is 30.6. The van der Waals surface area contributed by atoms with Crippen molar-refractivity contribution < 1.29 is 0 Å². The second kappa shape index (κ2) is 6.45. The summed E-state index contributed by atoms with van der Waals surface area (Å²) in [6, 6.07) is 8.00. The second-order valence-corrected chi connectivity index (χ2v) is 7.31. The molecule has 0 radical (unpaired) electrons. The molecule has 2 fully saturated rings. The van der Waals surface area contributed by atoms with Gasteiger partial charge in [0.2, 0.25) is 0 Å². The molecule has 2 nitrogen and oxygen atoms in total. The van der Waals surface area contributed by atoms with Crippen LogP contribution in [0.3, 0.4) is 0 Å². The second-order valence-electron chi connectivity index (χ2n) is 6.49. The van der Waals surface area contributed by atoms with Gasteiger partial charge in [-0.3, -0.25) is 0 Å². The van der Waals surface area contributed by atoms with E-state index < -0.39 is 0 Å². The monoisotopic (exact) mass is 326 g/mol. The van der Waals surface area contributed by atoms with Gasteiger partial charge in [-0.15, -0.1) is 0 Å². The van der Waals surface area contributed by atoms with Crippen molar-refractivity contribution in [1.82, 2.24) is 10.2 Å². The van der Waals surface area contributed by atoms with Crippen LogP contribution in [-0.2, 0) is 0 Å². The molecule has 3 unspecified atom stereocenters. The summed E-state index contributed by atoms with van der Waals surface area (Å²) in [6.07, 6.45) is 5.28. The van der Waals surface area contributed by atoms with Gasteiger partial charge >= 0.3 is 0 Å². The number of fused-ring (bicyclic) bond motifs is 2. The van der Waals surface area contributed by atoms with E-state index in [-0.39, 0.29) is 0 Å². The summed E-state index contributed by atoms with van der Waals surface area (Å²) in [6.45, 7) is 3.15. The van der Waals surface area contributed by atoms with Crippen LogP contribution in [0.5, 0.6) is 0 Å². The fourth-order valence-corrected chi connectivity index (χ4v) is 4.51. The molecule has 3 atom stereocenters. The highest BCUT2D eigenvalue weighted by atomic mass is 35.5. The Balaban J connectivity index is 1.83. The number of piperidine rings is 1. The fraction of sp³-hybridized carbons (Fsp3) is 0.647. The molecule has 0 spiro atoms. The fourth-order valence-electron chi connectivity index (χ4n) is 4.21. The minimum atomic E-state index is 0.390. The number of benzene rings is 1. The highest BCUT2D eigenvalue weighted by Gasteiger charge is 2.41. The zero-order chi connectivity index (χ0) is 15.0. The van der Waals surface area contributed by atoms with Crippen LogP contribution in [0.25, 0.3) is 0 Å². The lowest BCUT2D eigenvalue weighted by Crippen LogP contribution is -2.43. The zero-order valence-electron chi connectivity index (χ0n) is 12.8. The van der Waals surface area contributed by atoms with Crippen molar-refractivity contribution in [3.05, 3.63) is 33.8 Å². The van der Waals surface area contributed by atoms with Crippen molar-refractivity contribution in [1.29, 1.82) is 0 Å². The standard InChI is InChI=1S/C17H24Cl2N2/c1-3-20-17(11-4-7-15(18)16(19)10-11)12-8-13-5-6-14(9-12)21(13)2/h4,7,10,12-14,17,20H,3,5-6,8-9H2,1-2H3. The SMILES string of the molecule is CCNC(c1ccc(Cl)c(Cl)c1)C1CC2CCC(C1)N2C. The number of hydrogen-bond acceptors (Lipinski definition) is 2. The Morgan fingerprint density at radius 1 is 1.19 bits per heavy atom. The summed E-state index contributed by atoms with van der Waals surface area (Å²) in [7, 11) is 2.29. The summed E-state index contributed by atoms with van der Waals surface area (Å²) in [4.78, 5) is 2.59. The van der Waals surface area contributed by atoms with E-state index in [0.717, 1.165) is 18.6 Å². The van der Waals surface area contributed by atoms with E-state index in [0.29, 0.717) is 22.0 Å². The van der Waals surface area contributed by atoms with Gasteiger partial charge in [0.25, 0.3) is 0 Å². The Bertz CT molecular complexity index is 492. The van der Waals surface area contributed by atoms with Crippen molar-refractivity contribution in [2.45, 2.75) is 50.7 Å². The number of nitrogens with one attached hydrogen (secondary N) is 1. The van der Waals surface area contributed by atoms with Gasteiger partial charge in [0.1, 0.15) is 0 Å². The van der Waals surface area contributed by atoms with Crippen molar-refractivity contribution in [3.63, 3.8) is 0 Å². The van der Waals surface area contributed by atoms with Crippen LogP contribution in [0.15, 0.2) is 18.2 Å². The van der Waals surface area contributed by atoms with Crippen molar-refractivity contribution >= 4 is 23.2 Å². The Kier molecular flexibility index (Phi) is 4.80. The molecule has 0 aromatic heterocycles. The van der Waals surface area contributed by atoms with Crippen LogP contribution >= 0.6 is 23.2 Å². The van der Waals surface area contributed by atoms with Gasteiger partial charge in [0.15, 0.2) is 0 Å². The maximum absolute atomic E-state index is 6.22. The van der Waals surface area contributed by atoms with Gasteiger partial charge in [-0.05, 0) is 62.9 Å². The van der Waals surface area contributed by atoms with Gasteiger partial charge in [-0.25, -0.2) is 0 Å². The molecule has 21 heavy (non-hydrogen) atoms. The molecule has 2 aliphatic heterocycles. The third kappa shape index (κ3) is 3.10. The van der Waals surface area contributed by atoms with E-state index in [2.05, 4.69) is 30.3 Å². The predicted octanol–water partition coefficient (Wildman–Crippen LogP) is 4.52. The Hall–Kier alpha value is -0.280. The third-order valence-corrected chi connectivity index (χ3v) is 6.07. The minimum Gasteiger partial charge on any atom is -0.310 e. The molecule has 116 valence electrons. The van der Waals surface area contributed by atoms with Crippen LogP contribution in [-0.4, -0.2) is 30.6 Å². The molecule has 1 aromatic rings. The quantitative estimate of drug-likeness (QED) is 0.875. The van der Waals surface area contributed by atoms with E-state index in [1.165, 1.54) is 31.2 Å². The molecular weight excluding hydrogens is 303 g/mol. The third-order valence-electron chi connectivity index (χ3n) is 5.33. The predicted molar refractivity (Wildman–Crippen MR) is 90.2 cm³/mol. The van der Waals surface area contributed by atoms with Crippen LogP contribution in [0.2, 0.25) is 10.0 Å². The van der Waals surface area contributed by atoms with Gasteiger partial charge in [-0.2, -0.15) is 0 Å². The van der Waals surface area contributed by atoms with E-state index in [4.69, 9.17) is 23.2 Å². The van der Waals surface area contributed by atoms with Gasteiger partial charge in [-0.1, -0.05) is 36.2 Å². The molecule has 0 aliphatic carbocycles. The minimum absolute atomic E-state index is 0.390. The maximum atomic E-state index is 6.22. The largest absolute Gasteiger partial charge is 0.310 e. The molecule has 1 N–H and O–H groups in total. The molecule has 0 amide bonds. The van der Waals surface area contributed by atoms with E-state index in [9.17, 15) is 0 Å². The first kappa shape index (κ1) is 15.6. The van der Waals surface area contributed by atoms with E-state index in [1.54, 1.807) is 0 Å². The average molecular weight is 327 g/mol. The molecule has 2 bridgehead atoms. The molecule has 3 rings (SSSR count). The van der Waals surface area contributed by atoms with Crippen molar-refractivity contribution in [2.75, 3.05) is 13.6 Å². The number of hydrogen-bond donors (Lipinski definition) is 1. The highest BCUT2D eigenvalue weighted by Crippen LogP contribution is 2.43. The zero-order valence-corrected chi connectivity index (χ0v) is 14.3. The Labute approximate surface area is 137 Å².